The standard InChI is InChI=1S/C15H21F2NO3S/c1-15(2,3)18-9-11(21-22(4,19)20)8-14(18)12-7-10(16)5-6-13(12)17/h5-7,11,14H,8-9H2,1-4H3/t11-,14-/m1/s1. The van der Waals surface area contributed by atoms with Gasteiger partial charge in [-0.15, -0.1) is 0 Å². The van der Waals surface area contributed by atoms with Crippen LogP contribution in [-0.2, 0) is 14.3 Å². The SMILES string of the molecule is CC(C)(C)N1C[C@H](OS(C)(=O)=O)C[C@@H]1c1cc(F)ccc1F. The van der Waals surface area contributed by atoms with E-state index >= 15 is 0 Å². The lowest BCUT2D eigenvalue weighted by Crippen LogP contribution is -2.42. The second-order valence-corrected chi connectivity index (χ2v) is 8.26. The molecule has 1 fully saturated rings. The van der Waals surface area contributed by atoms with Crippen LogP contribution >= 0.6 is 0 Å². The summed E-state index contributed by atoms with van der Waals surface area (Å²) < 4.78 is 55.3. The van der Waals surface area contributed by atoms with Gasteiger partial charge in [-0.3, -0.25) is 9.08 Å². The molecule has 0 saturated carbocycles. The van der Waals surface area contributed by atoms with Crippen molar-refractivity contribution in [3.05, 3.63) is 35.4 Å². The van der Waals surface area contributed by atoms with Gasteiger partial charge in [0.05, 0.1) is 12.4 Å². The normalized spacial score (nSPS) is 23.9. The zero-order chi connectivity index (χ0) is 16.7. The Labute approximate surface area is 130 Å². The van der Waals surface area contributed by atoms with Crippen LogP contribution < -0.4 is 0 Å². The summed E-state index contributed by atoms with van der Waals surface area (Å²) in [6.45, 7) is 6.18. The zero-order valence-electron chi connectivity index (χ0n) is 13.1. The molecule has 0 N–H and O–H groups in total. The van der Waals surface area contributed by atoms with Crippen molar-refractivity contribution in [2.45, 2.75) is 44.9 Å². The second-order valence-electron chi connectivity index (χ2n) is 6.66. The van der Waals surface area contributed by atoms with Gasteiger partial charge in [-0.2, -0.15) is 8.42 Å². The number of nitrogens with zero attached hydrogens (tertiary/aromatic N) is 1. The van der Waals surface area contributed by atoms with Gasteiger partial charge in [0.1, 0.15) is 11.6 Å². The Morgan fingerprint density at radius 1 is 1.27 bits per heavy atom. The molecule has 124 valence electrons. The Kier molecular flexibility index (Phi) is 4.61. The van der Waals surface area contributed by atoms with Crippen LogP contribution in [0.3, 0.4) is 0 Å². The molecule has 1 saturated heterocycles. The molecule has 4 nitrogen and oxygen atoms in total. The largest absolute Gasteiger partial charge is 0.289 e. The maximum Gasteiger partial charge on any atom is 0.264 e. The number of hydrogen-bond donors (Lipinski definition) is 0. The number of hydrogen-bond acceptors (Lipinski definition) is 4. The highest BCUT2D eigenvalue weighted by atomic mass is 32.2. The van der Waals surface area contributed by atoms with Crippen molar-refractivity contribution >= 4 is 10.1 Å². The minimum absolute atomic E-state index is 0.231. The number of rotatable bonds is 3. The van der Waals surface area contributed by atoms with Gasteiger partial charge in [0.15, 0.2) is 0 Å². The maximum atomic E-state index is 14.1. The van der Waals surface area contributed by atoms with Gasteiger partial charge in [-0.1, -0.05) is 0 Å². The molecule has 22 heavy (non-hydrogen) atoms. The van der Waals surface area contributed by atoms with E-state index in [4.69, 9.17) is 4.18 Å². The minimum Gasteiger partial charge on any atom is -0.289 e. The Hall–Kier alpha value is -1.05. The lowest BCUT2D eigenvalue weighted by atomic mass is 9.98. The number of likely N-dealkylation sites (tertiary alicyclic amines) is 1. The van der Waals surface area contributed by atoms with Crippen molar-refractivity contribution in [2.75, 3.05) is 12.8 Å². The molecule has 2 atom stereocenters. The first kappa shape index (κ1) is 17.3. The first-order valence-corrected chi connectivity index (χ1v) is 8.89. The van der Waals surface area contributed by atoms with Crippen LogP contribution in [-0.4, -0.2) is 37.8 Å². The van der Waals surface area contributed by atoms with Crippen molar-refractivity contribution in [3.8, 4) is 0 Å². The molecule has 0 radical (unpaired) electrons. The summed E-state index contributed by atoms with van der Waals surface area (Å²) in [6, 6.07) is 2.90. The van der Waals surface area contributed by atoms with Crippen LogP contribution in [0.15, 0.2) is 18.2 Å². The number of benzene rings is 1. The lowest BCUT2D eigenvalue weighted by molar-refractivity contribution is 0.108. The molecule has 0 aliphatic carbocycles. The Balaban J connectivity index is 2.36. The highest BCUT2D eigenvalue weighted by Crippen LogP contribution is 2.39. The molecule has 0 aromatic heterocycles. The smallest absolute Gasteiger partial charge is 0.264 e. The average Bonchev–Trinajstić information content (AvgIpc) is 2.73. The lowest BCUT2D eigenvalue weighted by Gasteiger charge is -2.37. The van der Waals surface area contributed by atoms with Crippen LogP contribution in [0.1, 0.15) is 38.8 Å². The minimum atomic E-state index is -3.59. The molecule has 0 spiro atoms. The Bertz CT molecular complexity index is 655. The molecule has 1 aromatic carbocycles. The third kappa shape index (κ3) is 4.02. The van der Waals surface area contributed by atoms with Crippen LogP contribution in [0.4, 0.5) is 8.78 Å². The zero-order valence-corrected chi connectivity index (χ0v) is 14.0. The summed E-state index contributed by atoms with van der Waals surface area (Å²) in [5.41, 5.74) is -0.103. The molecule has 1 aliphatic heterocycles. The van der Waals surface area contributed by atoms with E-state index in [1.54, 1.807) is 0 Å². The summed E-state index contributed by atoms with van der Waals surface area (Å²) >= 11 is 0. The molecule has 1 aliphatic rings. The summed E-state index contributed by atoms with van der Waals surface area (Å²) in [7, 11) is -3.59. The first-order chi connectivity index (χ1) is 9.97. The molecule has 0 bridgehead atoms. The molecule has 7 heteroatoms. The van der Waals surface area contributed by atoms with Crippen molar-refractivity contribution in [3.63, 3.8) is 0 Å². The monoisotopic (exact) mass is 333 g/mol. The summed E-state index contributed by atoms with van der Waals surface area (Å²) in [5, 5.41) is 0. The van der Waals surface area contributed by atoms with Crippen LogP contribution in [0, 0.1) is 11.6 Å². The highest BCUT2D eigenvalue weighted by Gasteiger charge is 2.41. The Morgan fingerprint density at radius 3 is 2.45 bits per heavy atom. The first-order valence-electron chi connectivity index (χ1n) is 7.07. The fourth-order valence-corrected chi connectivity index (χ4v) is 3.55. The molecular formula is C15H21F2NO3S. The van der Waals surface area contributed by atoms with E-state index in [1.165, 1.54) is 6.07 Å². The van der Waals surface area contributed by atoms with E-state index in [-0.39, 0.29) is 11.1 Å². The fraction of sp³-hybridized carbons (Fsp3) is 0.600. The highest BCUT2D eigenvalue weighted by molar-refractivity contribution is 7.86. The van der Waals surface area contributed by atoms with Crippen molar-refractivity contribution in [1.82, 2.24) is 4.90 Å². The van der Waals surface area contributed by atoms with Gasteiger partial charge in [0.2, 0.25) is 0 Å². The molecular weight excluding hydrogens is 312 g/mol. The summed E-state index contributed by atoms with van der Waals surface area (Å²) in [4.78, 5) is 1.95. The molecule has 1 heterocycles. The third-order valence-corrected chi connectivity index (χ3v) is 4.37. The van der Waals surface area contributed by atoms with Crippen LogP contribution in [0.25, 0.3) is 0 Å². The van der Waals surface area contributed by atoms with E-state index in [0.29, 0.717) is 13.0 Å². The van der Waals surface area contributed by atoms with E-state index in [9.17, 15) is 17.2 Å². The molecule has 0 unspecified atom stereocenters. The van der Waals surface area contributed by atoms with E-state index in [1.807, 2.05) is 25.7 Å². The third-order valence-electron chi connectivity index (χ3n) is 3.75. The van der Waals surface area contributed by atoms with Crippen molar-refractivity contribution in [2.24, 2.45) is 0 Å². The summed E-state index contributed by atoms with van der Waals surface area (Å²) in [5.74, 6) is -1.02. The van der Waals surface area contributed by atoms with Gasteiger partial charge in [-0.25, -0.2) is 8.78 Å². The van der Waals surface area contributed by atoms with E-state index < -0.39 is 33.9 Å². The van der Waals surface area contributed by atoms with Gasteiger partial charge in [0, 0.05) is 23.7 Å². The maximum absolute atomic E-state index is 14.1. The average molecular weight is 333 g/mol. The van der Waals surface area contributed by atoms with Gasteiger partial charge in [0.25, 0.3) is 10.1 Å². The van der Waals surface area contributed by atoms with Crippen molar-refractivity contribution < 1.29 is 21.4 Å². The predicted octanol–water partition coefficient (Wildman–Crippen LogP) is 2.85. The Morgan fingerprint density at radius 2 is 1.91 bits per heavy atom. The van der Waals surface area contributed by atoms with Gasteiger partial charge >= 0.3 is 0 Å². The second kappa shape index (κ2) is 5.86. The van der Waals surface area contributed by atoms with Gasteiger partial charge < -0.3 is 0 Å². The van der Waals surface area contributed by atoms with Crippen LogP contribution in [0.2, 0.25) is 0 Å². The predicted molar refractivity (Wildman–Crippen MR) is 79.9 cm³/mol. The van der Waals surface area contributed by atoms with E-state index in [0.717, 1.165) is 18.4 Å². The number of halogens is 2. The van der Waals surface area contributed by atoms with Crippen LogP contribution in [0.5, 0.6) is 0 Å². The van der Waals surface area contributed by atoms with E-state index in [2.05, 4.69) is 0 Å². The molecule has 0 amide bonds. The van der Waals surface area contributed by atoms with Crippen molar-refractivity contribution in [1.29, 1.82) is 0 Å². The topological polar surface area (TPSA) is 46.6 Å². The molecule has 1 aromatic rings. The fourth-order valence-electron chi connectivity index (χ4n) is 2.92. The quantitative estimate of drug-likeness (QED) is 0.798. The summed E-state index contributed by atoms with van der Waals surface area (Å²) in [6.07, 6.45) is 0.719. The van der Waals surface area contributed by atoms with Gasteiger partial charge in [-0.05, 0) is 45.4 Å². The molecule has 2 rings (SSSR count).